The van der Waals surface area contributed by atoms with Gasteiger partial charge in [-0.2, -0.15) is 0 Å². The Bertz CT molecular complexity index is 626. The Morgan fingerprint density at radius 1 is 0.833 bits per heavy atom. The van der Waals surface area contributed by atoms with Gasteiger partial charge in [0.2, 0.25) is 0 Å². The van der Waals surface area contributed by atoms with Gasteiger partial charge < -0.3 is 4.74 Å². The molecule has 0 fully saturated rings. The lowest BCUT2D eigenvalue weighted by atomic mass is 10.1. The quantitative estimate of drug-likeness (QED) is 0.854. The van der Waals surface area contributed by atoms with E-state index in [9.17, 15) is 8.42 Å². The Morgan fingerprint density at radius 3 is 1.67 bits per heavy atom. The Kier molecular flexibility index (Phi) is 3.39. The second-order valence-electron chi connectivity index (χ2n) is 4.03. The van der Waals surface area contributed by atoms with Crippen molar-refractivity contribution in [1.82, 2.24) is 0 Å². The Hall–Kier alpha value is -1.81. The van der Waals surface area contributed by atoms with E-state index in [-0.39, 0.29) is 0 Å². The highest BCUT2D eigenvalue weighted by molar-refractivity contribution is 7.90. The minimum Gasteiger partial charge on any atom is -0.497 e. The third-order valence-corrected chi connectivity index (χ3v) is 3.83. The van der Waals surface area contributed by atoms with Gasteiger partial charge >= 0.3 is 0 Å². The Morgan fingerprint density at radius 2 is 1.28 bits per heavy atom. The van der Waals surface area contributed by atoms with Crippen LogP contribution in [0.25, 0.3) is 11.1 Å². The minimum absolute atomic E-state index is 0.333. The summed E-state index contributed by atoms with van der Waals surface area (Å²) in [5, 5.41) is 0. The molecule has 0 aliphatic heterocycles. The number of rotatable bonds is 3. The highest BCUT2D eigenvalue weighted by Gasteiger charge is 2.06. The summed E-state index contributed by atoms with van der Waals surface area (Å²) in [6.45, 7) is 0. The van der Waals surface area contributed by atoms with Gasteiger partial charge in [-0.15, -0.1) is 0 Å². The number of hydrogen-bond acceptors (Lipinski definition) is 3. The molecular weight excluding hydrogens is 248 g/mol. The molecule has 0 aliphatic carbocycles. The fourth-order valence-electron chi connectivity index (χ4n) is 1.68. The molecule has 0 aromatic heterocycles. The zero-order chi connectivity index (χ0) is 13.2. The first-order chi connectivity index (χ1) is 8.50. The second-order valence-corrected chi connectivity index (χ2v) is 6.04. The smallest absolute Gasteiger partial charge is 0.175 e. The SMILES string of the molecule is COc1ccc(-c2ccc(S(C)(=O)=O)cc2)cc1. The largest absolute Gasteiger partial charge is 0.497 e. The van der Waals surface area contributed by atoms with E-state index in [1.54, 1.807) is 31.4 Å². The molecule has 0 radical (unpaired) electrons. The van der Waals surface area contributed by atoms with Gasteiger partial charge in [0, 0.05) is 6.26 Å². The summed E-state index contributed by atoms with van der Waals surface area (Å²) in [6, 6.07) is 14.5. The van der Waals surface area contributed by atoms with Crippen molar-refractivity contribution >= 4 is 9.84 Å². The molecular formula is C14H14O3S. The predicted molar refractivity (Wildman–Crippen MR) is 71.5 cm³/mol. The number of benzene rings is 2. The lowest BCUT2D eigenvalue weighted by molar-refractivity contribution is 0.415. The van der Waals surface area contributed by atoms with Crippen LogP contribution in [0.3, 0.4) is 0 Å². The number of methoxy groups -OCH3 is 1. The van der Waals surface area contributed by atoms with Crippen LogP contribution in [0.1, 0.15) is 0 Å². The van der Waals surface area contributed by atoms with Crippen molar-refractivity contribution in [3.63, 3.8) is 0 Å². The average Bonchev–Trinajstić information content (AvgIpc) is 2.38. The molecule has 0 amide bonds. The fourth-order valence-corrected chi connectivity index (χ4v) is 2.31. The zero-order valence-electron chi connectivity index (χ0n) is 10.3. The van der Waals surface area contributed by atoms with Gasteiger partial charge in [0.1, 0.15) is 5.75 Å². The van der Waals surface area contributed by atoms with E-state index >= 15 is 0 Å². The van der Waals surface area contributed by atoms with E-state index in [0.717, 1.165) is 16.9 Å². The first-order valence-electron chi connectivity index (χ1n) is 5.45. The average molecular weight is 262 g/mol. The van der Waals surface area contributed by atoms with Crippen LogP contribution in [-0.4, -0.2) is 21.8 Å². The van der Waals surface area contributed by atoms with Crippen LogP contribution >= 0.6 is 0 Å². The summed E-state index contributed by atoms with van der Waals surface area (Å²) in [5.74, 6) is 0.798. The summed E-state index contributed by atoms with van der Waals surface area (Å²) in [7, 11) is -1.51. The lowest BCUT2D eigenvalue weighted by Gasteiger charge is -2.05. The molecule has 0 saturated carbocycles. The predicted octanol–water partition coefficient (Wildman–Crippen LogP) is 2.77. The first kappa shape index (κ1) is 12.6. The molecule has 0 saturated heterocycles. The lowest BCUT2D eigenvalue weighted by Crippen LogP contribution is -1.96. The van der Waals surface area contributed by atoms with Crippen molar-refractivity contribution in [2.24, 2.45) is 0 Å². The molecule has 94 valence electrons. The maximum Gasteiger partial charge on any atom is 0.175 e. The monoisotopic (exact) mass is 262 g/mol. The molecule has 2 rings (SSSR count). The molecule has 0 bridgehead atoms. The molecule has 0 atom stereocenters. The van der Waals surface area contributed by atoms with Crippen LogP contribution in [-0.2, 0) is 9.84 Å². The molecule has 4 heteroatoms. The van der Waals surface area contributed by atoms with Crippen LogP contribution in [0.2, 0.25) is 0 Å². The molecule has 0 spiro atoms. The van der Waals surface area contributed by atoms with E-state index in [1.165, 1.54) is 6.26 Å². The van der Waals surface area contributed by atoms with Crippen molar-refractivity contribution in [3.05, 3.63) is 48.5 Å². The standard InChI is InChI=1S/C14H14O3S/c1-17-13-7-3-11(4-8-13)12-5-9-14(10-6-12)18(2,15)16/h3-10H,1-2H3. The number of hydrogen-bond donors (Lipinski definition) is 0. The molecule has 0 unspecified atom stereocenters. The van der Waals surface area contributed by atoms with Gasteiger partial charge in [-0.1, -0.05) is 24.3 Å². The topological polar surface area (TPSA) is 43.4 Å². The normalized spacial score (nSPS) is 11.2. The van der Waals surface area contributed by atoms with Crippen molar-refractivity contribution in [2.75, 3.05) is 13.4 Å². The van der Waals surface area contributed by atoms with Gasteiger partial charge in [-0.25, -0.2) is 8.42 Å². The van der Waals surface area contributed by atoms with Gasteiger partial charge in [0.25, 0.3) is 0 Å². The van der Waals surface area contributed by atoms with E-state index in [0.29, 0.717) is 4.90 Å². The zero-order valence-corrected chi connectivity index (χ0v) is 11.1. The van der Waals surface area contributed by atoms with E-state index < -0.39 is 9.84 Å². The third kappa shape index (κ3) is 2.71. The van der Waals surface area contributed by atoms with Crippen molar-refractivity contribution in [3.8, 4) is 16.9 Å². The van der Waals surface area contributed by atoms with Crippen molar-refractivity contribution in [1.29, 1.82) is 0 Å². The molecule has 0 N–H and O–H groups in total. The summed E-state index contributed by atoms with van der Waals surface area (Å²) in [5.41, 5.74) is 2.00. The van der Waals surface area contributed by atoms with Crippen LogP contribution < -0.4 is 4.74 Å². The maximum absolute atomic E-state index is 11.3. The van der Waals surface area contributed by atoms with Gasteiger partial charge in [0.05, 0.1) is 12.0 Å². The van der Waals surface area contributed by atoms with Gasteiger partial charge in [-0.3, -0.25) is 0 Å². The van der Waals surface area contributed by atoms with Gasteiger partial charge in [0.15, 0.2) is 9.84 Å². The molecule has 18 heavy (non-hydrogen) atoms. The molecule has 2 aromatic carbocycles. The fraction of sp³-hybridized carbons (Fsp3) is 0.143. The van der Waals surface area contributed by atoms with Gasteiger partial charge in [-0.05, 0) is 35.4 Å². The number of sulfone groups is 1. The summed E-state index contributed by atoms with van der Waals surface area (Å²) in [4.78, 5) is 0.333. The summed E-state index contributed by atoms with van der Waals surface area (Å²) >= 11 is 0. The summed E-state index contributed by atoms with van der Waals surface area (Å²) < 4.78 is 27.8. The van der Waals surface area contributed by atoms with E-state index in [2.05, 4.69) is 0 Å². The second kappa shape index (κ2) is 4.82. The van der Waals surface area contributed by atoms with E-state index in [4.69, 9.17) is 4.74 Å². The Balaban J connectivity index is 2.34. The van der Waals surface area contributed by atoms with Crippen molar-refractivity contribution in [2.45, 2.75) is 4.90 Å². The first-order valence-corrected chi connectivity index (χ1v) is 7.34. The maximum atomic E-state index is 11.3. The molecule has 2 aromatic rings. The molecule has 3 nitrogen and oxygen atoms in total. The molecule has 0 aliphatic rings. The molecule has 0 heterocycles. The highest BCUT2D eigenvalue weighted by atomic mass is 32.2. The van der Waals surface area contributed by atoms with Crippen LogP contribution in [0.5, 0.6) is 5.75 Å². The number of ether oxygens (including phenoxy) is 1. The minimum atomic E-state index is -3.13. The third-order valence-electron chi connectivity index (χ3n) is 2.71. The van der Waals surface area contributed by atoms with Crippen LogP contribution in [0.4, 0.5) is 0 Å². The summed E-state index contributed by atoms with van der Waals surface area (Å²) in [6.07, 6.45) is 1.20. The van der Waals surface area contributed by atoms with E-state index in [1.807, 2.05) is 24.3 Å². The highest BCUT2D eigenvalue weighted by Crippen LogP contribution is 2.23. The van der Waals surface area contributed by atoms with Crippen molar-refractivity contribution < 1.29 is 13.2 Å². The van der Waals surface area contributed by atoms with Crippen LogP contribution in [0, 0.1) is 0 Å². The Labute approximate surface area is 107 Å². The van der Waals surface area contributed by atoms with Crippen LogP contribution in [0.15, 0.2) is 53.4 Å².